The zero-order valence-electron chi connectivity index (χ0n) is 8.98. The van der Waals surface area contributed by atoms with Gasteiger partial charge in [0.05, 0.1) is 12.5 Å². The van der Waals surface area contributed by atoms with Gasteiger partial charge >= 0.3 is 0 Å². The monoisotopic (exact) mass is 261 g/mol. The average Bonchev–Trinajstić information content (AvgIpc) is 3.12. The summed E-state index contributed by atoms with van der Waals surface area (Å²) in [6.07, 6.45) is 6.04. The summed E-state index contributed by atoms with van der Waals surface area (Å²) in [5.74, 6) is -0.0907. The molecule has 0 saturated carbocycles. The predicted octanol–water partition coefficient (Wildman–Crippen LogP) is 1.57. The van der Waals surface area contributed by atoms with E-state index in [0.717, 1.165) is 5.00 Å². The minimum absolute atomic E-state index is 0.243. The van der Waals surface area contributed by atoms with Crippen LogP contribution < -0.4 is 5.32 Å². The molecule has 0 fully saturated rings. The van der Waals surface area contributed by atoms with Crippen molar-refractivity contribution in [3.05, 3.63) is 43.0 Å². The first-order valence-electron chi connectivity index (χ1n) is 4.98. The molecule has 0 aliphatic heterocycles. The highest BCUT2D eigenvalue weighted by molar-refractivity contribution is 7.18. The van der Waals surface area contributed by atoms with Crippen LogP contribution in [0.15, 0.2) is 41.7 Å². The molecule has 18 heavy (non-hydrogen) atoms. The van der Waals surface area contributed by atoms with E-state index in [9.17, 15) is 4.79 Å². The Morgan fingerprint density at radius 2 is 2.44 bits per heavy atom. The first-order chi connectivity index (χ1) is 8.83. The van der Waals surface area contributed by atoms with Crippen LogP contribution in [0.2, 0.25) is 0 Å². The lowest BCUT2D eigenvalue weighted by atomic mass is 10.4. The summed E-state index contributed by atoms with van der Waals surface area (Å²) in [6, 6.07) is 3.23. The molecule has 3 heterocycles. The van der Waals surface area contributed by atoms with Gasteiger partial charge in [0.2, 0.25) is 0 Å². The number of rotatable bonds is 3. The minimum Gasteiger partial charge on any atom is -0.459 e. The summed E-state index contributed by atoms with van der Waals surface area (Å²) in [6.45, 7) is 0. The van der Waals surface area contributed by atoms with Crippen molar-refractivity contribution in [1.82, 2.24) is 19.7 Å². The lowest BCUT2D eigenvalue weighted by Gasteiger charge is -1.96. The second-order valence-corrected chi connectivity index (χ2v) is 4.28. The van der Waals surface area contributed by atoms with Crippen LogP contribution in [0.4, 0.5) is 5.13 Å². The van der Waals surface area contributed by atoms with E-state index < -0.39 is 0 Å². The molecule has 3 aromatic heterocycles. The van der Waals surface area contributed by atoms with Gasteiger partial charge in [-0.2, -0.15) is 5.10 Å². The SMILES string of the molecule is O=C(Nc1ncc(-n2cncn2)s1)c1ccco1. The highest BCUT2D eigenvalue weighted by Crippen LogP contribution is 2.21. The maximum absolute atomic E-state index is 11.7. The third-order valence-corrected chi connectivity index (χ3v) is 3.01. The van der Waals surface area contributed by atoms with E-state index in [0.29, 0.717) is 5.13 Å². The Morgan fingerprint density at radius 3 is 3.17 bits per heavy atom. The zero-order chi connectivity index (χ0) is 12.4. The van der Waals surface area contributed by atoms with Gasteiger partial charge < -0.3 is 4.42 Å². The minimum atomic E-state index is -0.334. The molecule has 1 amide bonds. The van der Waals surface area contributed by atoms with Crippen molar-refractivity contribution in [2.24, 2.45) is 0 Å². The normalized spacial score (nSPS) is 10.4. The Bertz CT molecular complexity index is 644. The second kappa shape index (κ2) is 4.41. The van der Waals surface area contributed by atoms with E-state index in [-0.39, 0.29) is 11.7 Å². The second-order valence-electron chi connectivity index (χ2n) is 3.28. The fourth-order valence-electron chi connectivity index (χ4n) is 1.32. The molecule has 0 unspecified atom stereocenters. The van der Waals surface area contributed by atoms with Crippen molar-refractivity contribution in [1.29, 1.82) is 0 Å². The highest BCUT2D eigenvalue weighted by Gasteiger charge is 2.11. The van der Waals surface area contributed by atoms with Gasteiger partial charge in [-0.05, 0) is 12.1 Å². The Kier molecular flexibility index (Phi) is 2.61. The lowest BCUT2D eigenvalue weighted by Crippen LogP contribution is -2.10. The van der Waals surface area contributed by atoms with Crippen LogP contribution in [0.1, 0.15) is 10.6 Å². The highest BCUT2D eigenvalue weighted by atomic mass is 32.1. The fraction of sp³-hybridized carbons (Fsp3) is 0. The largest absolute Gasteiger partial charge is 0.459 e. The van der Waals surface area contributed by atoms with Crippen LogP contribution in [0.25, 0.3) is 5.00 Å². The summed E-state index contributed by atoms with van der Waals surface area (Å²) in [5.41, 5.74) is 0. The first kappa shape index (κ1) is 10.7. The summed E-state index contributed by atoms with van der Waals surface area (Å²) >= 11 is 1.29. The van der Waals surface area contributed by atoms with Crippen molar-refractivity contribution in [2.75, 3.05) is 5.32 Å². The Morgan fingerprint density at radius 1 is 1.50 bits per heavy atom. The third kappa shape index (κ3) is 2.00. The van der Waals surface area contributed by atoms with Crippen molar-refractivity contribution < 1.29 is 9.21 Å². The van der Waals surface area contributed by atoms with Gasteiger partial charge in [-0.1, -0.05) is 11.3 Å². The summed E-state index contributed by atoms with van der Waals surface area (Å²) in [5, 5.41) is 7.85. The molecule has 0 spiro atoms. The smallest absolute Gasteiger partial charge is 0.293 e. The number of carbonyl (C=O) groups is 1. The van der Waals surface area contributed by atoms with Crippen LogP contribution in [0, 0.1) is 0 Å². The zero-order valence-corrected chi connectivity index (χ0v) is 9.79. The summed E-state index contributed by atoms with van der Waals surface area (Å²) < 4.78 is 6.55. The fourth-order valence-corrected chi connectivity index (χ4v) is 2.06. The van der Waals surface area contributed by atoms with E-state index >= 15 is 0 Å². The molecule has 0 radical (unpaired) electrons. The van der Waals surface area contributed by atoms with Gasteiger partial charge in [0.1, 0.15) is 17.7 Å². The topological polar surface area (TPSA) is 85.8 Å². The molecule has 8 heteroatoms. The van der Waals surface area contributed by atoms with E-state index in [1.165, 1.54) is 23.9 Å². The number of amides is 1. The number of aromatic nitrogens is 4. The number of hydrogen-bond acceptors (Lipinski definition) is 6. The lowest BCUT2D eigenvalue weighted by molar-refractivity contribution is 0.0996. The molecule has 0 aromatic carbocycles. The number of hydrogen-bond donors (Lipinski definition) is 1. The maximum Gasteiger partial charge on any atom is 0.293 e. The van der Waals surface area contributed by atoms with Gasteiger partial charge in [0.15, 0.2) is 10.9 Å². The molecule has 0 atom stereocenters. The van der Waals surface area contributed by atoms with Crippen LogP contribution in [-0.4, -0.2) is 25.7 Å². The van der Waals surface area contributed by atoms with Gasteiger partial charge in [-0.25, -0.2) is 14.6 Å². The molecular weight excluding hydrogens is 254 g/mol. The number of furan rings is 1. The van der Waals surface area contributed by atoms with Crippen molar-refractivity contribution in [2.45, 2.75) is 0 Å². The van der Waals surface area contributed by atoms with E-state index in [1.54, 1.807) is 29.3 Å². The quantitative estimate of drug-likeness (QED) is 0.773. The molecule has 3 rings (SSSR count). The molecule has 0 aliphatic carbocycles. The van der Waals surface area contributed by atoms with Crippen molar-refractivity contribution in [3.63, 3.8) is 0 Å². The van der Waals surface area contributed by atoms with Gasteiger partial charge in [-0.3, -0.25) is 10.1 Å². The molecule has 7 nitrogen and oxygen atoms in total. The average molecular weight is 261 g/mol. The maximum atomic E-state index is 11.7. The molecule has 1 N–H and O–H groups in total. The number of anilines is 1. The Balaban J connectivity index is 1.76. The van der Waals surface area contributed by atoms with Crippen molar-refractivity contribution >= 4 is 22.4 Å². The van der Waals surface area contributed by atoms with Gasteiger partial charge in [0, 0.05) is 0 Å². The molecule has 0 aliphatic rings. The first-order valence-corrected chi connectivity index (χ1v) is 5.80. The number of nitrogens with one attached hydrogen (secondary N) is 1. The van der Waals surface area contributed by atoms with E-state index in [4.69, 9.17) is 4.42 Å². The molecule has 0 bridgehead atoms. The van der Waals surface area contributed by atoms with Crippen LogP contribution in [0.3, 0.4) is 0 Å². The number of thiazole rings is 1. The summed E-state index contributed by atoms with van der Waals surface area (Å²) in [7, 11) is 0. The van der Waals surface area contributed by atoms with E-state index in [1.807, 2.05) is 0 Å². The van der Waals surface area contributed by atoms with E-state index in [2.05, 4.69) is 20.4 Å². The molecule has 0 saturated heterocycles. The van der Waals surface area contributed by atoms with Crippen LogP contribution in [-0.2, 0) is 0 Å². The third-order valence-electron chi connectivity index (χ3n) is 2.10. The standard InChI is InChI=1S/C10H7N5O2S/c16-9(7-2-1-3-17-7)14-10-12-4-8(18-10)15-6-11-5-13-15/h1-6H,(H,12,14,16). The summed E-state index contributed by atoms with van der Waals surface area (Å²) in [4.78, 5) is 19.6. The molecular formula is C10H7N5O2S. The predicted molar refractivity (Wildman–Crippen MR) is 63.7 cm³/mol. The molecule has 3 aromatic rings. The number of nitrogens with zero attached hydrogens (tertiary/aromatic N) is 4. The van der Waals surface area contributed by atoms with Gasteiger partial charge in [-0.15, -0.1) is 0 Å². The Labute approximate surface area is 105 Å². The number of carbonyl (C=O) groups excluding carboxylic acids is 1. The van der Waals surface area contributed by atoms with Crippen LogP contribution >= 0.6 is 11.3 Å². The van der Waals surface area contributed by atoms with Gasteiger partial charge in [0.25, 0.3) is 5.91 Å². The molecule has 90 valence electrons. The Hall–Kier alpha value is -2.48. The van der Waals surface area contributed by atoms with Crippen molar-refractivity contribution in [3.8, 4) is 5.00 Å². The van der Waals surface area contributed by atoms with Crippen LogP contribution in [0.5, 0.6) is 0 Å².